The van der Waals surface area contributed by atoms with Crippen molar-refractivity contribution >= 4 is 17.7 Å². The Bertz CT molecular complexity index is 971. The zero-order chi connectivity index (χ0) is 20.8. The quantitative estimate of drug-likeness (QED) is 0.571. The number of methoxy groups -OCH3 is 1. The highest BCUT2D eigenvalue weighted by Crippen LogP contribution is 2.27. The number of tetrazole rings is 1. The number of ether oxygens (including phenoxy) is 1. The monoisotopic (exact) mass is 411 g/mol. The highest BCUT2D eigenvalue weighted by Gasteiger charge is 2.16. The summed E-state index contributed by atoms with van der Waals surface area (Å²) in [5.74, 6) is 0.803. The molecule has 8 heteroatoms. The predicted octanol–water partition coefficient (Wildman–Crippen LogP) is 3.51. The van der Waals surface area contributed by atoms with Crippen LogP contribution >= 0.6 is 11.8 Å². The van der Waals surface area contributed by atoms with Crippen molar-refractivity contribution in [2.75, 3.05) is 12.9 Å². The lowest BCUT2D eigenvalue weighted by Gasteiger charge is -2.15. The standard InChI is InChI=1S/C21H25N5O2S/c1-5-16-7-9-17(10-8-16)15(3)22-20(27)13-29-21-23-24-25-26(21)18-12-14(2)6-11-19(18)28-4/h6-12,15H,5,13H2,1-4H3,(H,22,27)/t15-/m1/s1. The van der Waals surface area contributed by atoms with Crippen molar-refractivity contribution in [2.24, 2.45) is 0 Å². The van der Waals surface area contributed by atoms with Crippen LogP contribution in [0.1, 0.15) is 36.6 Å². The number of hydrogen-bond acceptors (Lipinski definition) is 6. The van der Waals surface area contributed by atoms with E-state index in [1.165, 1.54) is 17.3 Å². The van der Waals surface area contributed by atoms with E-state index in [4.69, 9.17) is 4.74 Å². The fourth-order valence-corrected chi connectivity index (χ4v) is 3.62. The van der Waals surface area contributed by atoms with Crippen LogP contribution in [0.3, 0.4) is 0 Å². The van der Waals surface area contributed by atoms with Crippen LogP contribution in [-0.4, -0.2) is 39.0 Å². The molecular formula is C21H25N5O2S. The Balaban J connectivity index is 1.64. The molecule has 0 aliphatic rings. The van der Waals surface area contributed by atoms with E-state index in [0.717, 1.165) is 23.2 Å². The fraction of sp³-hybridized carbons (Fsp3) is 0.333. The van der Waals surface area contributed by atoms with Gasteiger partial charge in [0.2, 0.25) is 11.1 Å². The number of carbonyl (C=O) groups is 1. The van der Waals surface area contributed by atoms with E-state index in [9.17, 15) is 4.79 Å². The van der Waals surface area contributed by atoms with Crippen molar-refractivity contribution in [1.29, 1.82) is 0 Å². The summed E-state index contributed by atoms with van der Waals surface area (Å²) >= 11 is 1.28. The topological polar surface area (TPSA) is 81.9 Å². The molecule has 0 aliphatic heterocycles. The van der Waals surface area contributed by atoms with E-state index in [1.54, 1.807) is 11.8 Å². The van der Waals surface area contributed by atoms with Gasteiger partial charge in [-0.1, -0.05) is 49.0 Å². The van der Waals surface area contributed by atoms with E-state index in [-0.39, 0.29) is 17.7 Å². The minimum atomic E-state index is -0.0761. The first-order valence-electron chi connectivity index (χ1n) is 9.46. The summed E-state index contributed by atoms with van der Waals surface area (Å²) < 4.78 is 7.01. The van der Waals surface area contributed by atoms with E-state index in [0.29, 0.717) is 10.9 Å². The van der Waals surface area contributed by atoms with E-state index < -0.39 is 0 Å². The molecule has 1 N–H and O–H groups in total. The zero-order valence-electron chi connectivity index (χ0n) is 17.0. The van der Waals surface area contributed by atoms with Gasteiger partial charge in [-0.15, -0.1) is 5.10 Å². The van der Waals surface area contributed by atoms with Crippen LogP contribution in [0.15, 0.2) is 47.6 Å². The molecule has 0 aliphatic carbocycles. The number of nitrogens with one attached hydrogen (secondary N) is 1. The van der Waals surface area contributed by atoms with Crippen LogP contribution in [0.2, 0.25) is 0 Å². The van der Waals surface area contributed by atoms with Gasteiger partial charge in [-0.25, -0.2) is 0 Å². The highest BCUT2D eigenvalue weighted by molar-refractivity contribution is 7.99. The number of benzene rings is 2. The number of hydrogen-bond donors (Lipinski definition) is 1. The third-order valence-corrected chi connectivity index (χ3v) is 5.52. The van der Waals surface area contributed by atoms with Crippen molar-refractivity contribution in [1.82, 2.24) is 25.5 Å². The van der Waals surface area contributed by atoms with Crippen LogP contribution < -0.4 is 10.1 Å². The summed E-state index contributed by atoms with van der Waals surface area (Å²) in [6, 6.07) is 14.0. The number of nitrogens with zero attached hydrogens (tertiary/aromatic N) is 4. The number of aromatic nitrogens is 4. The van der Waals surface area contributed by atoms with Crippen LogP contribution in [0, 0.1) is 6.92 Å². The molecule has 3 rings (SSSR count). The Kier molecular flexibility index (Phi) is 6.87. The summed E-state index contributed by atoms with van der Waals surface area (Å²) in [6.07, 6.45) is 0.998. The number of rotatable bonds is 8. The van der Waals surface area contributed by atoms with Gasteiger partial charge in [0.25, 0.3) is 0 Å². The minimum Gasteiger partial charge on any atom is -0.494 e. The Morgan fingerprint density at radius 3 is 2.69 bits per heavy atom. The van der Waals surface area contributed by atoms with Gasteiger partial charge in [0.1, 0.15) is 11.4 Å². The lowest BCUT2D eigenvalue weighted by atomic mass is 10.1. The summed E-state index contributed by atoms with van der Waals surface area (Å²) in [5, 5.41) is 15.4. The van der Waals surface area contributed by atoms with Crippen molar-refractivity contribution in [2.45, 2.75) is 38.4 Å². The predicted molar refractivity (Wildman–Crippen MR) is 114 cm³/mol. The SMILES string of the molecule is CCc1ccc([C@@H](C)NC(=O)CSc2nnnn2-c2cc(C)ccc2OC)cc1. The normalized spacial score (nSPS) is 11.9. The largest absolute Gasteiger partial charge is 0.494 e. The Morgan fingerprint density at radius 2 is 2.00 bits per heavy atom. The van der Waals surface area contributed by atoms with Gasteiger partial charge in [0.15, 0.2) is 0 Å². The molecule has 0 radical (unpaired) electrons. The van der Waals surface area contributed by atoms with E-state index in [1.807, 2.05) is 32.0 Å². The Labute approximate surface area is 174 Å². The molecule has 0 saturated carbocycles. The summed E-state index contributed by atoms with van der Waals surface area (Å²) in [4.78, 5) is 12.4. The third-order valence-electron chi connectivity index (χ3n) is 4.60. The third kappa shape index (κ3) is 5.14. The van der Waals surface area contributed by atoms with Gasteiger partial charge in [-0.05, 0) is 59.5 Å². The molecule has 29 heavy (non-hydrogen) atoms. The first-order valence-corrected chi connectivity index (χ1v) is 10.4. The number of aryl methyl sites for hydroxylation is 2. The van der Waals surface area contributed by atoms with Gasteiger partial charge in [-0.2, -0.15) is 4.68 Å². The molecule has 0 fully saturated rings. The van der Waals surface area contributed by atoms with Crippen molar-refractivity contribution in [3.05, 3.63) is 59.2 Å². The van der Waals surface area contributed by atoms with Crippen LogP contribution in [0.4, 0.5) is 0 Å². The summed E-state index contributed by atoms with van der Waals surface area (Å²) in [6.45, 7) is 6.09. The molecule has 0 bridgehead atoms. The zero-order valence-corrected chi connectivity index (χ0v) is 17.9. The second-order valence-corrected chi connectivity index (χ2v) is 7.66. The maximum atomic E-state index is 12.4. The van der Waals surface area contributed by atoms with E-state index in [2.05, 4.69) is 52.0 Å². The fourth-order valence-electron chi connectivity index (χ4n) is 2.92. The van der Waals surface area contributed by atoms with E-state index >= 15 is 0 Å². The number of amides is 1. The van der Waals surface area contributed by atoms with Crippen molar-refractivity contribution in [3.8, 4) is 11.4 Å². The maximum absolute atomic E-state index is 12.4. The average Bonchev–Trinajstić information content (AvgIpc) is 3.20. The molecule has 0 spiro atoms. The van der Waals surface area contributed by atoms with Crippen molar-refractivity contribution in [3.63, 3.8) is 0 Å². The minimum absolute atomic E-state index is 0.0677. The van der Waals surface area contributed by atoms with Gasteiger partial charge >= 0.3 is 0 Å². The molecule has 1 aromatic heterocycles. The molecule has 0 saturated heterocycles. The summed E-state index contributed by atoms with van der Waals surface area (Å²) in [5.41, 5.74) is 4.16. The van der Waals surface area contributed by atoms with Gasteiger partial charge < -0.3 is 10.1 Å². The number of carbonyl (C=O) groups excluding carboxylic acids is 1. The van der Waals surface area contributed by atoms with Crippen LogP contribution in [0.5, 0.6) is 5.75 Å². The first-order chi connectivity index (χ1) is 14.0. The molecule has 2 aromatic carbocycles. The number of thioether (sulfide) groups is 1. The maximum Gasteiger partial charge on any atom is 0.230 e. The highest BCUT2D eigenvalue weighted by atomic mass is 32.2. The van der Waals surface area contributed by atoms with Crippen LogP contribution in [0.25, 0.3) is 5.69 Å². The average molecular weight is 412 g/mol. The molecule has 0 unspecified atom stereocenters. The smallest absolute Gasteiger partial charge is 0.230 e. The van der Waals surface area contributed by atoms with Crippen molar-refractivity contribution < 1.29 is 9.53 Å². The lowest BCUT2D eigenvalue weighted by molar-refractivity contribution is -0.119. The second-order valence-electron chi connectivity index (χ2n) is 6.72. The second kappa shape index (κ2) is 9.56. The molecular weight excluding hydrogens is 386 g/mol. The molecule has 152 valence electrons. The molecule has 3 aromatic rings. The molecule has 7 nitrogen and oxygen atoms in total. The van der Waals surface area contributed by atoms with Gasteiger partial charge in [0, 0.05) is 0 Å². The molecule has 1 heterocycles. The van der Waals surface area contributed by atoms with Crippen LogP contribution in [-0.2, 0) is 11.2 Å². The first kappa shape index (κ1) is 20.9. The lowest BCUT2D eigenvalue weighted by Crippen LogP contribution is -2.28. The Morgan fingerprint density at radius 1 is 1.24 bits per heavy atom. The summed E-state index contributed by atoms with van der Waals surface area (Å²) in [7, 11) is 1.60. The molecule has 1 amide bonds. The van der Waals surface area contributed by atoms with Gasteiger partial charge in [0.05, 0.1) is 18.9 Å². The molecule has 1 atom stereocenters. The van der Waals surface area contributed by atoms with Gasteiger partial charge in [-0.3, -0.25) is 4.79 Å². The Hall–Kier alpha value is -2.87.